The highest BCUT2D eigenvalue weighted by Crippen LogP contribution is 2.26. The fourth-order valence-corrected chi connectivity index (χ4v) is 3.08. The summed E-state index contributed by atoms with van der Waals surface area (Å²) in [6.45, 7) is 1.49. The number of carbonyl (C=O) groups excluding carboxylic acids is 1. The molecule has 0 radical (unpaired) electrons. The molecule has 7 heteroatoms. The number of hydrogen-bond donors (Lipinski definition) is 2. The number of halogens is 1. The summed E-state index contributed by atoms with van der Waals surface area (Å²) < 4.78 is 19.6. The minimum absolute atomic E-state index is 0.174. The van der Waals surface area contributed by atoms with Gasteiger partial charge in [-0.2, -0.15) is 0 Å². The first kappa shape index (κ1) is 18.4. The third-order valence-corrected chi connectivity index (χ3v) is 4.51. The van der Waals surface area contributed by atoms with Gasteiger partial charge in [0.25, 0.3) is 0 Å². The minimum atomic E-state index is -0.522. The Morgan fingerprint density at radius 1 is 1.30 bits per heavy atom. The molecule has 1 aliphatic heterocycles. The van der Waals surface area contributed by atoms with Gasteiger partial charge in [0.2, 0.25) is 0 Å². The molecule has 2 aromatic carbocycles. The van der Waals surface area contributed by atoms with Crippen LogP contribution in [0.25, 0.3) is 5.57 Å². The average Bonchev–Trinajstić information content (AvgIpc) is 3.04. The number of amides is 2. The Labute approximate surface area is 157 Å². The van der Waals surface area contributed by atoms with Crippen LogP contribution in [0.2, 0.25) is 0 Å². The number of benzene rings is 2. The van der Waals surface area contributed by atoms with E-state index in [0.717, 1.165) is 17.5 Å². The van der Waals surface area contributed by atoms with E-state index in [2.05, 4.69) is 0 Å². The second-order valence-corrected chi connectivity index (χ2v) is 6.14. The van der Waals surface area contributed by atoms with Gasteiger partial charge in [0.15, 0.2) is 0 Å². The highest BCUT2D eigenvalue weighted by Gasteiger charge is 2.30. The molecule has 27 heavy (non-hydrogen) atoms. The van der Waals surface area contributed by atoms with Crippen LogP contribution < -0.4 is 15.4 Å². The van der Waals surface area contributed by atoms with Crippen LogP contribution in [0.3, 0.4) is 0 Å². The molecule has 1 heterocycles. The zero-order valence-electron chi connectivity index (χ0n) is 15.0. The summed E-state index contributed by atoms with van der Waals surface area (Å²) in [6.07, 6.45) is 2.18. The smallest absolute Gasteiger partial charge is 0.324 e. The summed E-state index contributed by atoms with van der Waals surface area (Å²) in [5, 5.41) is 7.29. The number of nitrogens with zero attached hydrogens (tertiary/aromatic N) is 2. The van der Waals surface area contributed by atoms with E-state index in [9.17, 15) is 9.18 Å². The molecule has 0 bridgehead atoms. The number of carbonyl (C=O) groups is 1. The number of methoxy groups -OCH3 is 1. The molecule has 3 N–H and O–H groups in total. The maximum Gasteiger partial charge on any atom is 0.324 e. The lowest BCUT2D eigenvalue weighted by atomic mass is 10.1. The van der Waals surface area contributed by atoms with Crippen molar-refractivity contribution >= 4 is 23.5 Å². The molecule has 0 unspecified atom stereocenters. The van der Waals surface area contributed by atoms with Gasteiger partial charge < -0.3 is 20.8 Å². The Morgan fingerprint density at radius 3 is 2.78 bits per heavy atom. The zero-order chi connectivity index (χ0) is 19.4. The number of anilines is 1. The summed E-state index contributed by atoms with van der Waals surface area (Å²) in [5.41, 5.74) is 7.38. The van der Waals surface area contributed by atoms with Crippen LogP contribution in [-0.4, -0.2) is 37.3 Å². The van der Waals surface area contributed by atoms with Crippen molar-refractivity contribution in [3.8, 4) is 5.75 Å². The van der Waals surface area contributed by atoms with Crippen molar-refractivity contribution in [1.29, 1.82) is 5.41 Å². The first-order chi connectivity index (χ1) is 13.1. The fraction of sp³-hybridized carbons (Fsp3) is 0.200. The molecule has 6 nitrogen and oxygen atoms in total. The molecule has 1 saturated heterocycles. The van der Waals surface area contributed by atoms with Crippen LogP contribution in [0.15, 0.2) is 48.7 Å². The van der Waals surface area contributed by atoms with Crippen LogP contribution >= 0.6 is 0 Å². The fourth-order valence-electron chi connectivity index (χ4n) is 3.08. The SMILES string of the molecule is COc1cccc(CN2CCN(c3ccc(/C(C=N)=C/N)c(F)c3)C2=O)c1. The van der Waals surface area contributed by atoms with Gasteiger partial charge in [0.1, 0.15) is 11.6 Å². The van der Waals surface area contributed by atoms with Gasteiger partial charge in [0.05, 0.1) is 7.11 Å². The lowest BCUT2D eigenvalue weighted by molar-refractivity contribution is 0.218. The first-order valence-corrected chi connectivity index (χ1v) is 8.49. The van der Waals surface area contributed by atoms with Gasteiger partial charge in [-0.05, 0) is 35.9 Å². The van der Waals surface area contributed by atoms with Crippen molar-refractivity contribution in [2.75, 3.05) is 25.1 Å². The number of nitrogens with two attached hydrogens (primary N) is 1. The lowest BCUT2D eigenvalue weighted by Crippen LogP contribution is -2.31. The van der Waals surface area contributed by atoms with Crippen LogP contribution in [-0.2, 0) is 6.54 Å². The zero-order valence-corrected chi connectivity index (χ0v) is 15.0. The minimum Gasteiger partial charge on any atom is -0.497 e. The molecule has 0 saturated carbocycles. The molecular formula is C20H21FN4O2. The third-order valence-electron chi connectivity index (χ3n) is 4.51. The van der Waals surface area contributed by atoms with E-state index < -0.39 is 5.82 Å². The number of allylic oxidation sites excluding steroid dienone is 1. The highest BCUT2D eigenvalue weighted by molar-refractivity contribution is 6.08. The molecular weight excluding hydrogens is 347 g/mol. The van der Waals surface area contributed by atoms with Gasteiger partial charge in [-0.1, -0.05) is 12.1 Å². The van der Waals surface area contributed by atoms with Crippen molar-refractivity contribution in [1.82, 2.24) is 4.90 Å². The second-order valence-electron chi connectivity index (χ2n) is 6.14. The topological polar surface area (TPSA) is 82.7 Å². The van der Waals surface area contributed by atoms with Crippen LogP contribution in [0.4, 0.5) is 14.9 Å². The van der Waals surface area contributed by atoms with E-state index in [1.54, 1.807) is 23.0 Å². The maximum atomic E-state index is 14.4. The van der Waals surface area contributed by atoms with Gasteiger partial charge in [0, 0.05) is 48.9 Å². The summed E-state index contributed by atoms with van der Waals surface area (Å²) in [7, 11) is 1.60. The highest BCUT2D eigenvalue weighted by atomic mass is 19.1. The van der Waals surface area contributed by atoms with Crippen molar-refractivity contribution in [2.45, 2.75) is 6.54 Å². The van der Waals surface area contributed by atoms with E-state index in [4.69, 9.17) is 15.9 Å². The van der Waals surface area contributed by atoms with Gasteiger partial charge in [-0.15, -0.1) is 0 Å². The summed E-state index contributed by atoms with van der Waals surface area (Å²) >= 11 is 0. The first-order valence-electron chi connectivity index (χ1n) is 8.49. The number of rotatable bonds is 6. The molecule has 0 aromatic heterocycles. The predicted molar refractivity (Wildman–Crippen MR) is 103 cm³/mol. The number of hydrogen-bond acceptors (Lipinski definition) is 4. The Bertz CT molecular complexity index is 897. The standard InChI is InChI=1S/C20H21FN4O2/c1-27-17-4-2-3-14(9-17)13-24-7-8-25(20(24)26)16-5-6-18(19(21)10-16)15(11-22)12-23/h2-6,9-12,22H,7-8,13,23H2,1H3/b15-12+,22-11?. The monoisotopic (exact) mass is 368 g/mol. The summed E-state index contributed by atoms with van der Waals surface area (Å²) in [6, 6.07) is 11.9. The maximum absolute atomic E-state index is 14.4. The van der Waals surface area contributed by atoms with E-state index >= 15 is 0 Å². The Kier molecular flexibility index (Phi) is 5.40. The van der Waals surface area contributed by atoms with Crippen LogP contribution in [0.5, 0.6) is 5.75 Å². The number of urea groups is 1. The average molecular weight is 368 g/mol. The quantitative estimate of drug-likeness (QED) is 0.768. The number of ether oxygens (including phenoxy) is 1. The van der Waals surface area contributed by atoms with Gasteiger partial charge in [-0.3, -0.25) is 4.90 Å². The largest absolute Gasteiger partial charge is 0.497 e. The van der Waals surface area contributed by atoms with E-state index in [1.165, 1.54) is 18.3 Å². The molecule has 0 spiro atoms. The van der Waals surface area contributed by atoms with Crippen LogP contribution in [0.1, 0.15) is 11.1 Å². The van der Waals surface area contributed by atoms with Crippen molar-refractivity contribution < 1.29 is 13.9 Å². The number of nitrogens with one attached hydrogen (secondary N) is 1. The third kappa shape index (κ3) is 3.76. The molecule has 2 amide bonds. The Balaban J connectivity index is 1.76. The lowest BCUT2D eigenvalue weighted by Gasteiger charge is -2.19. The summed E-state index contributed by atoms with van der Waals surface area (Å²) in [4.78, 5) is 16.0. The summed E-state index contributed by atoms with van der Waals surface area (Å²) in [5.74, 6) is 0.218. The normalized spacial score (nSPS) is 14.6. The van der Waals surface area contributed by atoms with Gasteiger partial charge in [-0.25, -0.2) is 9.18 Å². The molecule has 1 fully saturated rings. The van der Waals surface area contributed by atoms with E-state index in [0.29, 0.717) is 25.3 Å². The molecule has 0 aliphatic carbocycles. The molecule has 0 atom stereocenters. The predicted octanol–water partition coefficient (Wildman–Crippen LogP) is 3.23. The van der Waals surface area contributed by atoms with E-state index in [-0.39, 0.29) is 17.2 Å². The molecule has 1 aliphatic rings. The Hall–Kier alpha value is -3.35. The molecule has 2 aromatic rings. The van der Waals surface area contributed by atoms with Crippen molar-refractivity contribution in [2.24, 2.45) is 5.73 Å². The van der Waals surface area contributed by atoms with Gasteiger partial charge >= 0.3 is 6.03 Å². The van der Waals surface area contributed by atoms with E-state index in [1.807, 2.05) is 24.3 Å². The van der Waals surface area contributed by atoms with Crippen molar-refractivity contribution in [3.05, 3.63) is 65.6 Å². The molecule has 140 valence electrons. The molecule has 3 rings (SSSR count). The van der Waals surface area contributed by atoms with Crippen LogP contribution in [0, 0.1) is 11.2 Å². The second kappa shape index (κ2) is 7.90. The Morgan fingerprint density at radius 2 is 2.11 bits per heavy atom. The van der Waals surface area contributed by atoms with Crippen molar-refractivity contribution in [3.63, 3.8) is 0 Å².